The van der Waals surface area contributed by atoms with Gasteiger partial charge < -0.3 is 8.64 Å². The van der Waals surface area contributed by atoms with E-state index in [1.165, 1.54) is 0 Å². The van der Waals surface area contributed by atoms with Gasteiger partial charge in [0.2, 0.25) is 3.79 Å². The number of hydrogen-bond donors (Lipinski definition) is 2. The molecule has 0 aliphatic carbocycles. The molecule has 0 saturated carbocycles. The van der Waals surface area contributed by atoms with Crippen LogP contribution in [0.4, 0.5) is 5.82 Å². The molecule has 0 atom stereocenters. The van der Waals surface area contributed by atoms with E-state index in [9.17, 15) is 9.90 Å². The number of carbonyl (C=O) groups excluding carboxylic acids is 1. The van der Waals surface area contributed by atoms with Gasteiger partial charge in [-0.2, -0.15) is 0 Å². The SMILES string of the molecule is O=C(I)c1nc(NI)c2cccnc2c1O. The number of nitrogens with one attached hydrogen (secondary N) is 1. The fraction of sp³-hybridized carbons (Fsp3) is 0. The van der Waals surface area contributed by atoms with Crippen molar-refractivity contribution >= 4 is 66.0 Å². The average Bonchev–Trinajstić information content (AvgIpc) is 2.29. The average molecular weight is 441 g/mol. The molecule has 16 heavy (non-hydrogen) atoms. The van der Waals surface area contributed by atoms with Crippen molar-refractivity contribution in [2.45, 2.75) is 0 Å². The van der Waals surface area contributed by atoms with Crippen molar-refractivity contribution in [2.75, 3.05) is 3.53 Å². The minimum Gasteiger partial charge on any atom is -0.504 e. The highest BCUT2D eigenvalue weighted by atomic mass is 127. The quantitative estimate of drug-likeness (QED) is 0.426. The highest BCUT2D eigenvalue weighted by Crippen LogP contribution is 2.31. The Hall–Kier alpha value is -0.710. The second-order valence-electron chi connectivity index (χ2n) is 2.93. The third-order valence-electron chi connectivity index (χ3n) is 2.01. The zero-order chi connectivity index (χ0) is 11.7. The van der Waals surface area contributed by atoms with Crippen molar-refractivity contribution in [1.82, 2.24) is 9.97 Å². The lowest BCUT2D eigenvalue weighted by molar-refractivity contribution is 0.110. The molecule has 0 aliphatic rings. The molecule has 2 rings (SSSR count). The highest BCUT2D eigenvalue weighted by Gasteiger charge is 2.17. The Morgan fingerprint density at radius 1 is 1.50 bits per heavy atom. The first-order valence-corrected chi connectivity index (χ1v) is 6.35. The molecule has 2 N–H and O–H groups in total. The van der Waals surface area contributed by atoms with Gasteiger partial charge in [0.25, 0.3) is 0 Å². The zero-order valence-corrected chi connectivity index (χ0v) is 12.1. The summed E-state index contributed by atoms with van der Waals surface area (Å²) in [5.74, 6) is 0.340. The van der Waals surface area contributed by atoms with Crippen LogP contribution in [0.25, 0.3) is 10.9 Å². The van der Waals surface area contributed by atoms with Crippen LogP contribution in [0.3, 0.4) is 0 Å². The maximum absolute atomic E-state index is 11.3. The van der Waals surface area contributed by atoms with Gasteiger partial charge in [0.15, 0.2) is 11.4 Å². The summed E-state index contributed by atoms with van der Waals surface area (Å²) in [5.41, 5.74) is 0.391. The van der Waals surface area contributed by atoms with Crippen molar-refractivity contribution in [1.29, 1.82) is 0 Å². The minimum absolute atomic E-state index is 0.0194. The maximum atomic E-state index is 11.3. The lowest BCUT2D eigenvalue weighted by Crippen LogP contribution is -1.99. The molecule has 0 bridgehead atoms. The summed E-state index contributed by atoms with van der Waals surface area (Å²) in [7, 11) is 0. The van der Waals surface area contributed by atoms with Gasteiger partial charge in [-0.3, -0.25) is 9.78 Å². The summed E-state index contributed by atoms with van der Waals surface area (Å²) < 4.78 is 2.52. The van der Waals surface area contributed by atoms with Gasteiger partial charge in [0.1, 0.15) is 11.3 Å². The number of hydrogen-bond acceptors (Lipinski definition) is 5. The largest absolute Gasteiger partial charge is 0.504 e. The fourth-order valence-corrected chi connectivity index (χ4v) is 2.12. The van der Waals surface area contributed by atoms with Crippen LogP contribution in [0.15, 0.2) is 18.3 Å². The summed E-state index contributed by atoms with van der Waals surface area (Å²) in [6.45, 7) is 0. The Balaban J connectivity index is 2.88. The first kappa shape index (κ1) is 11.8. The lowest BCUT2D eigenvalue weighted by Gasteiger charge is -2.07. The molecular weight excluding hydrogens is 436 g/mol. The molecular formula is C9H5I2N3O2. The van der Waals surface area contributed by atoms with Gasteiger partial charge >= 0.3 is 0 Å². The summed E-state index contributed by atoms with van der Waals surface area (Å²) >= 11 is 3.50. The Morgan fingerprint density at radius 3 is 2.88 bits per heavy atom. The molecule has 0 saturated heterocycles. The molecule has 2 aromatic rings. The summed E-state index contributed by atoms with van der Waals surface area (Å²) in [6, 6.07) is 3.52. The van der Waals surface area contributed by atoms with Gasteiger partial charge in [-0.1, -0.05) is 0 Å². The lowest BCUT2D eigenvalue weighted by atomic mass is 10.2. The molecule has 2 aromatic heterocycles. The fourth-order valence-electron chi connectivity index (χ4n) is 1.33. The molecule has 0 unspecified atom stereocenters. The minimum atomic E-state index is -0.324. The molecule has 0 aromatic carbocycles. The van der Waals surface area contributed by atoms with Crippen LogP contribution >= 0.6 is 45.5 Å². The van der Waals surface area contributed by atoms with Gasteiger partial charge in [0, 0.05) is 34.2 Å². The Labute approximate surface area is 118 Å². The van der Waals surface area contributed by atoms with Crippen LogP contribution in [0.1, 0.15) is 10.5 Å². The van der Waals surface area contributed by atoms with E-state index in [1.807, 2.05) is 22.9 Å². The van der Waals surface area contributed by atoms with E-state index in [1.54, 1.807) is 40.9 Å². The number of nitrogens with zero attached hydrogens (tertiary/aromatic N) is 2. The summed E-state index contributed by atoms with van der Waals surface area (Å²) in [6.07, 6.45) is 1.56. The topological polar surface area (TPSA) is 75.1 Å². The number of fused-ring (bicyclic) bond motifs is 1. The van der Waals surface area contributed by atoms with Crippen molar-refractivity contribution in [3.63, 3.8) is 0 Å². The van der Waals surface area contributed by atoms with E-state index in [0.717, 1.165) is 0 Å². The third kappa shape index (κ3) is 1.93. The Bertz CT molecular complexity index is 574. The van der Waals surface area contributed by atoms with E-state index in [-0.39, 0.29) is 15.2 Å². The first-order chi connectivity index (χ1) is 7.65. The Kier molecular flexibility index (Phi) is 3.42. The third-order valence-corrected chi connectivity index (χ3v) is 3.03. The van der Waals surface area contributed by atoms with E-state index >= 15 is 0 Å². The molecule has 0 spiro atoms. The van der Waals surface area contributed by atoms with Crippen molar-refractivity contribution < 1.29 is 9.90 Å². The highest BCUT2D eigenvalue weighted by molar-refractivity contribution is 14.1. The van der Waals surface area contributed by atoms with Crippen LogP contribution in [-0.4, -0.2) is 18.9 Å². The predicted octanol–water partition coefficient (Wildman–Crippen LogP) is 2.67. The number of aromatic nitrogens is 2. The second-order valence-corrected chi connectivity index (χ2v) is 4.44. The molecule has 5 nitrogen and oxygen atoms in total. The van der Waals surface area contributed by atoms with Crippen molar-refractivity contribution in [3.05, 3.63) is 24.0 Å². The number of rotatable bonds is 2. The number of halogens is 2. The second kappa shape index (κ2) is 4.65. The van der Waals surface area contributed by atoms with E-state index < -0.39 is 0 Å². The van der Waals surface area contributed by atoms with Crippen molar-refractivity contribution in [3.8, 4) is 5.75 Å². The summed E-state index contributed by atoms with van der Waals surface area (Å²) in [4.78, 5) is 19.4. The Morgan fingerprint density at radius 2 is 2.25 bits per heavy atom. The van der Waals surface area contributed by atoms with E-state index in [4.69, 9.17) is 0 Å². The number of aromatic hydroxyl groups is 1. The molecule has 0 amide bonds. The number of anilines is 1. The molecule has 2 heterocycles. The molecule has 0 aliphatic heterocycles. The summed E-state index contributed by atoms with van der Waals surface area (Å²) in [5, 5.41) is 10.5. The molecule has 82 valence electrons. The van der Waals surface area contributed by atoms with Crippen LogP contribution in [0.2, 0.25) is 0 Å². The van der Waals surface area contributed by atoms with E-state index in [2.05, 4.69) is 13.5 Å². The van der Waals surface area contributed by atoms with Crippen LogP contribution < -0.4 is 3.53 Å². The number of pyridine rings is 2. The maximum Gasteiger partial charge on any atom is 0.244 e. The standard InChI is InChI=1S/C9H5I2N3O2/c10-8(16)6-7(15)5-4(2-1-3-12-5)9(13-6)14-11/h1-3,15H,(H,13,14). The number of carbonyl (C=O) groups is 1. The molecule has 0 radical (unpaired) electrons. The van der Waals surface area contributed by atoms with Gasteiger partial charge in [-0.15, -0.1) is 0 Å². The monoisotopic (exact) mass is 441 g/mol. The van der Waals surface area contributed by atoms with Crippen LogP contribution in [0.5, 0.6) is 5.75 Å². The molecule has 7 heteroatoms. The predicted molar refractivity (Wildman–Crippen MR) is 77.2 cm³/mol. The van der Waals surface area contributed by atoms with Crippen LogP contribution in [-0.2, 0) is 0 Å². The van der Waals surface area contributed by atoms with E-state index in [0.29, 0.717) is 16.7 Å². The van der Waals surface area contributed by atoms with Crippen molar-refractivity contribution in [2.24, 2.45) is 0 Å². The van der Waals surface area contributed by atoms with Gasteiger partial charge in [0.05, 0.1) is 22.9 Å². The van der Waals surface area contributed by atoms with Gasteiger partial charge in [-0.05, 0) is 12.1 Å². The molecule has 0 fully saturated rings. The van der Waals surface area contributed by atoms with Gasteiger partial charge in [-0.25, -0.2) is 4.98 Å². The first-order valence-electron chi connectivity index (χ1n) is 4.19. The zero-order valence-electron chi connectivity index (χ0n) is 7.74. The smallest absolute Gasteiger partial charge is 0.244 e. The normalized spacial score (nSPS) is 10.4. The van der Waals surface area contributed by atoms with Crippen LogP contribution in [0, 0.1) is 0 Å².